The summed E-state index contributed by atoms with van der Waals surface area (Å²) < 4.78 is 0. The largest absolute Gasteiger partial charge is 0.545 e. The Hall–Kier alpha value is -2.40. The van der Waals surface area contributed by atoms with Crippen molar-refractivity contribution in [3.8, 4) is 0 Å². The van der Waals surface area contributed by atoms with Gasteiger partial charge in [0.25, 0.3) is 0 Å². The molecule has 0 fully saturated rings. The molecular formula is C15H13N2O2S-. The van der Waals surface area contributed by atoms with Gasteiger partial charge in [-0.3, -0.25) is 0 Å². The van der Waals surface area contributed by atoms with Gasteiger partial charge in [0.05, 0.1) is 5.97 Å². The van der Waals surface area contributed by atoms with Crippen LogP contribution in [0.4, 0.5) is 11.4 Å². The predicted molar refractivity (Wildman–Crippen MR) is 81.8 cm³/mol. The number of aryl methyl sites for hydroxylation is 1. The first-order chi connectivity index (χ1) is 9.58. The maximum Gasteiger partial charge on any atom is 0.175 e. The predicted octanol–water partition coefficient (Wildman–Crippen LogP) is 2.17. The molecule has 0 atom stereocenters. The monoisotopic (exact) mass is 285 g/mol. The minimum atomic E-state index is -1.23. The third-order valence-electron chi connectivity index (χ3n) is 2.76. The number of rotatable bonds is 3. The lowest BCUT2D eigenvalue weighted by Gasteiger charge is -2.16. The van der Waals surface area contributed by atoms with Crippen molar-refractivity contribution in [3.05, 3.63) is 59.7 Å². The van der Waals surface area contributed by atoms with Crippen LogP contribution in [0, 0.1) is 6.92 Å². The third-order valence-corrected chi connectivity index (χ3v) is 2.96. The third kappa shape index (κ3) is 3.33. The number of aromatic carboxylic acids is 1. The van der Waals surface area contributed by atoms with Crippen LogP contribution in [0.25, 0.3) is 0 Å². The minimum absolute atomic E-state index is 0.115. The maximum atomic E-state index is 11.2. The number of anilines is 2. The molecule has 5 heteroatoms. The first kappa shape index (κ1) is 14.0. The van der Waals surface area contributed by atoms with Gasteiger partial charge in [0.15, 0.2) is 5.11 Å². The van der Waals surface area contributed by atoms with E-state index in [1.54, 1.807) is 25.1 Å². The molecule has 2 aromatic carbocycles. The Kier molecular flexibility index (Phi) is 4.32. The zero-order valence-electron chi connectivity index (χ0n) is 10.8. The van der Waals surface area contributed by atoms with Crippen LogP contribution in [0.2, 0.25) is 0 Å². The molecule has 0 bridgehead atoms. The van der Waals surface area contributed by atoms with Crippen molar-refractivity contribution >= 4 is 34.7 Å². The summed E-state index contributed by atoms with van der Waals surface area (Å²) in [6.45, 7) is 1.71. The normalized spacial score (nSPS) is 9.85. The van der Waals surface area contributed by atoms with Crippen LogP contribution in [0.3, 0.4) is 0 Å². The first-order valence-electron chi connectivity index (χ1n) is 6.02. The van der Waals surface area contributed by atoms with E-state index < -0.39 is 5.97 Å². The van der Waals surface area contributed by atoms with Gasteiger partial charge in [-0.05, 0) is 42.9 Å². The van der Waals surface area contributed by atoms with Crippen molar-refractivity contribution < 1.29 is 9.90 Å². The number of para-hydroxylation sites is 1. The van der Waals surface area contributed by atoms with E-state index in [1.807, 2.05) is 30.3 Å². The Morgan fingerprint density at radius 2 is 1.75 bits per heavy atom. The van der Waals surface area contributed by atoms with Gasteiger partial charge < -0.3 is 20.5 Å². The van der Waals surface area contributed by atoms with E-state index in [9.17, 15) is 9.90 Å². The van der Waals surface area contributed by atoms with Gasteiger partial charge in [-0.1, -0.05) is 30.3 Å². The van der Waals surface area contributed by atoms with Gasteiger partial charge in [-0.25, -0.2) is 0 Å². The van der Waals surface area contributed by atoms with E-state index in [1.165, 1.54) is 0 Å². The number of hydrogen-bond donors (Lipinski definition) is 2. The van der Waals surface area contributed by atoms with Crippen LogP contribution in [0.5, 0.6) is 0 Å². The van der Waals surface area contributed by atoms with Crippen molar-refractivity contribution in [2.24, 2.45) is 0 Å². The zero-order chi connectivity index (χ0) is 14.5. The summed E-state index contributed by atoms with van der Waals surface area (Å²) in [6.07, 6.45) is 0. The average Bonchev–Trinajstić information content (AvgIpc) is 2.39. The molecule has 0 radical (unpaired) electrons. The number of hydrogen-bond acceptors (Lipinski definition) is 3. The molecule has 2 N–H and O–H groups in total. The molecule has 0 saturated carbocycles. The lowest BCUT2D eigenvalue weighted by atomic mass is 10.1. The quantitative estimate of drug-likeness (QED) is 0.846. The fourth-order valence-electron chi connectivity index (χ4n) is 1.85. The number of nitrogens with one attached hydrogen (secondary N) is 2. The molecule has 2 rings (SSSR count). The van der Waals surface area contributed by atoms with E-state index in [0.717, 1.165) is 5.69 Å². The maximum absolute atomic E-state index is 11.2. The van der Waals surface area contributed by atoms with Crippen LogP contribution >= 0.6 is 12.2 Å². The second kappa shape index (κ2) is 6.16. The van der Waals surface area contributed by atoms with E-state index in [0.29, 0.717) is 16.4 Å². The molecule has 2 aromatic rings. The number of carbonyl (C=O) groups excluding carboxylic acids is 1. The fraction of sp³-hybridized carbons (Fsp3) is 0.0667. The van der Waals surface area contributed by atoms with Gasteiger partial charge in [-0.2, -0.15) is 0 Å². The van der Waals surface area contributed by atoms with Crippen LogP contribution in [0.15, 0.2) is 48.5 Å². The fourth-order valence-corrected chi connectivity index (χ4v) is 2.08. The summed E-state index contributed by atoms with van der Waals surface area (Å²) in [6, 6.07) is 14.5. The van der Waals surface area contributed by atoms with E-state index in [4.69, 9.17) is 12.2 Å². The molecule has 0 heterocycles. The van der Waals surface area contributed by atoms with Crippen molar-refractivity contribution in [2.75, 3.05) is 10.6 Å². The van der Waals surface area contributed by atoms with Crippen molar-refractivity contribution in [1.82, 2.24) is 0 Å². The van der Waals surface area contributed by atoms with Crippen LogP contribution in [-0.4, -0.2) is 11.1 Å². The highest BCUT2D eigenvalue weighted by molar-refractivity contribution is 7.80. The van der Waals surface area contributed by atoms with Gasteiger partial charge in [0, 0.05) is 16.9 Å². The number of benzene rings is 2. The Labute approximate surface area is 122 Å². The molecule has 0 amide bonds. The lowest BCUT2D eigenvalue weighted by Crippen LogP contribution is -2.27. The number of carbonyl (C=O) groups is 1. The Balaban J connectivity index is 2.16. The highest BCUT2D eigenvalue weighted by Gasteiger charge is 2.08. The van der Waals surface area contributed by atoms with E-state index in [2.05, 4.69) is 10.6 Å². The summed E-state index contributed by atoms with van der Waals surface area (Å²) in [5.41, 5.74) is 1.98. The second-order valence-corrected chi connectivity index (χ2v) is 4.64. The van der Waals surface area contributed by atoms with Crippen LogP contribution in [-0.2, 0) is 0 Å². The molecule has 0 aromatic heterocycles. The number of carboxylic acid groups (broad SMARTS) is 1. The van der Waals surface area contributed by atoms with Crippen molar-refractivity contribution in [3.63, 3.8) is 0 Å². The molecule has 4 nitrogen and oxygen atoms in total. The summed E-state index contributed by atoms with van der Waals surface area (Å²) >= 11 is 5.17. The molecular weight excluding hydrogens is 272 g/mol. The summed E-state index contributed by atoms with van der Waals surface area (Å²) in [5.74, 6) is -1.23. The van der Waals surface area contributed by atoms with Gasteiger partial charge in [0.2, 0.25) is 0 Å². The van der Waals surface area contributed by atoms with Crippen LogP contribution < -0.4 is 15.7 Å². The molecule has 102 valence electrons. The summed E-state index contributed by atoms with van der Waals surface area (Å²) in [4.78, 5) is 11.2. The van der Waals surface area contributed by atoms with Crippen molar-refractivity contribution in [2.45, 2.75) is 6.92 Å². The molecule has 0 aliphatic rings. The molecule has 20 heavy (non-hydrogen) atoms. The summed E-state index contributed by atoms with van der Waals surface area (Å²) in [7, 11) is 0. The number of thiocarbonyl (C=S) groups is 1. The molecule has 0 spiro atoms. The summed E-state index contributed by atoms with van der Waals surface area (Å²) in [5, 5.41) is 17.4. The van der Waals surface area contributed by atoms with Crippen molar-refractivity contribution in [1.29, 1.82) is 0 Å². The SMILES string of the molecule is Cc1cccc(NC(=S)Nc2ccccc2)c1C(=O)[O-]. The minimum Gasteiger partial charge on any atom is -0.545 e. The molecule has 0 aliphatic carbocycles. The van der Waals surface area contributed by atoms with Gasteiger partial charge in [0.1, 0.15) is 0 Å². The smallest absolute Gasteiger partial charge is 0.175 e. The van der Waals surface area contributed by atoms with E-state index >= 15 is 0 Å². The highest BCUT2D eigenvalue weighted by Crippen LogP contribution is 2.19. The average molecular weight is 285 g/mol. The molecule has 0 unspecified atom stereocenters. The topological polar surface area (TPSA) is 64.2 Å². The van der Waals surface area contributed by atoms with E-state index in [-0.39, 0.29) is 5.56 Å². The lowest BCUT2D eigenvalue weighted by molar-refractivity contribution is -0.254. The molecule has 0 saturated heterocycles. The Bertz CT molecular complexity index is 642. The zero-order valence-corrected chi connectivity index (χ0v) is 11.7. The Morgan fingerprint density at radius 1 is 1.05 bits per heavy atom. The highest BCUT2D eigenvalue weighted by atomic mass is 32.1. The van der Waals surface area contributed by atoms with Gasteiger partial charge in [-0.15, -0.1) is 0 Å². The Morgan fingerprint density at radius 3 is 2.40 bits per heavy atom. The van der Waals surface area contributed by atoms with Gasteiger partial charge >= 0.3 is 0 Å². The standard InChI is InChI=1S/C15H14N2O2S/c1-10-6-5-9-12(13(10)14(18)19)17-15(20)16-11-7-3-2-4-8-11/h2-9H,1H3,(H,18,19)(H2,16,17,20)/p-1. The second-order valence-electron chi connectivity index (χ2n) is 4.23. The van der Waals surface area contributed by atoms with Crippen LogP contribution in [0.1, 0.15) is 15.9 Å². The molecule has 0 aliphatic heterocycles. The first-order valence-corrected chi connectivity index (χ1v) is 6.43. The number of carboxylic acids is 1.